The summed E-state index contributed by atoms with van der Waals surface area (Å²) in [6.07, 6.45) is 6.36. The molecule has 0 aromatic heterocycles. The van der Waals surface area contributed by atoms with Gasteiger partial charge in [0.05, 0.1) is 6.10 Å². The summed E-state index contributed by atoms with van der Waals surface area (Å²) in [6.45, 7) is 2.25. The molecule has 2 rings (SSSR count). The van der Waals surface area contributed by atoms with Gasteiger partial charge in [-0.05, 0) is 25.2 Å². The second kappa shape index (κ2) is 3.59. The summed E-state index contributed by atoms with van der Waals surface area (Å²) in [5.74, 6) is 0.625. The Balaban J connectivity index is 2.01. The third-order valence-corrected chi connectivity index (χ3v) is 4.82. The van der Waals surface area contributed by atoms with Gasteiger partial charge in [0.15, 0.2) is 0 Å². The largest absolute Gasteiger partial charge is 0.393 e. The molecule has 0 aromatic rings. The molecule has 70 valence electrons. The van der Waals surface area contributed by atoms with Crippen molar-refractivity contribution in [2.24, 2.45) is 5.92 Å². The summed E-state index contributed by atoms with van der Waals surface area (Å²) in [6, 6.07) is 0. The van der Waals surface area contributed by atoms with E-state index in [9.17, 15) is 5.11 Å². The second-order valence-corrected chi connectivity index (χ2v) is 5.92. The molecule has 1 aliphatic heterocycles. The summed E-state index contributed by atoms with van der Waals surface area (Å²) in [7, 11) is 0. The minimum absolute atomic E-state index is 0.00606. The maximum Gasteiger partial charge on any atom is 0.0589 e. The SMILES string of the molecule is C[C@@H]1C[C@@H](O)[C@@H]2CCCC[C@@H]2S1. The van der Waals surface area contributed by atoms with Gasteiger partial charge in [-0.1, -0.05) is 19.8 Å². The van der Waals surface area contributed by atoms with Gasteiger partial charge in [-0.3, -0.25) is 0 Å². The van der Waals surface area contributed by atoms with E-state index < -0.39 is 0 Å². The topological polar surface area (TPSA) is 20.2 Å². The molecule has 0 spiro atoms. The molecular weight excluding hydrogens is 168 g/mol. The summed E-state index contributed by atoms with van der Waals surface area (Å²) in [5, 5.41) is 11.3. The van der Waals surface area contributed by atoms with Crippen molar-refractivity contribution < 1.29 is 5.11 Å². The zero-order valence-corrected chi connectivity index (χ0v) is 8.52. The van der Waals surface area contributed by atoms with Crippen LogP contribution in [0.5, 0.6) is 0 Å². The molecule has 1 N–H and O–H groups in total. The number of aliphatic hydroxyl groups is 1. The highest BCUT2D eigenvalue weighted by Gasteiger charge is 2.36. The number of hydrogen-bond donors (Lipinski definition) is 1. The molecule has 0 aromatic carbocycles. The molecule has 1 saturated heterocycles. The fraction of sp³-hybridized carbons (Fsp3) is 1.00. The van der Waals surface area contributed by atoms with Crippen molar-refractivity contribution in [3.8, 4) is 0 Å². The Labute approximate surface area is 78.9 Å². The van der Waals surface area contributed by atoms with Crippen LogP contribution in [0.25, 0.3) is 0 Å². The molecule has 0 unspecified atom stereocenters. The first kappa shape index (κ1) is 8.89. The number of rotatable bonds is 0. The average Bonchev–Trinajstić information content (AvgIpc) is 2.04. The van der Waals surface area contributed by atoms with Gasteiger partial charge in [0.2, 0.25) is 0 Å². The van der Waals surface area contributed by atoms with E-state index in [0.29, 0.717) is 11.2 Å². The first-order valence-electron chi connectivity index (χ1n) is 5.11. The molecule has 4 atom stereocenters. The van der Waals surface area contributed by atoms with Crippen LogP contribution in [0.1, 0.15) is 39.0 Å². The Hall–Kier alpha value is 0.310. The lowest BCUT2D eigenvalue weighted by Crippen LogP contribution is -2.39. The van der Waals surface area contributed by atoms with Gasteiger partial charge >= 0.3 is 0 Å². The van der Waals surface area contributed by atoms with Crippen LogP contribution in [-0.2, 0) is 0 Å². The Morgan fingerprint density at radius 2 is 2.00 bits per heavy atom. The monoisotopic (exact) mass is 186 g/mol. The minimum atomic E-state index is 0.00606. The molecule has 0 radical (unpaired) electrons. The van der Waals surface area contributed by atoms with Crippen LogP contribution in [0, 0.1) is 5.92 Å². The van der Waals surface area contributed by atoms with Gasteiger partial charge in [-0.2, -0.15) is 11.8 Å². The third kappa shape index (κ3) is 1.64. The number of fused-ring (bicyclic) bond motifs is 1. The Bertz CT molecular complexity index is 160. The van der Waals surface area contributed by atoms with E-state index in [2.05, 4.69) is 18.7 Å². The normalized spacial score (nSPS) is 48.5. The first-order valence-corrected chi connectivity index (χ1v) is 6.05. The molecule has 1 aliphatic carbocycles. The van der Waals surface area contributed by atoms with Gasteiger partial charge in [0.25, 0.3) is 0 Å². The van der Waals surface area contributed by atoms with Crippen LogP contribution in [0.2, 0.25) is 0 Å². The van der Waals surface area contributed by atoms with Crippen molar-refractivity contribution in [2.45, 2.75) is 55.6 Å². The minimum Gasteiger partial charge on any atom is -0.393 e. The molecule has 2 fully saturated rings. The highest BCUT2D eigenvalue weighted by atomic mass is 32.2. The van der Waals surface area contributed by atoms with Gasteiger partial charge in [0.1, 0.15) is 0 Å². The van der Waals surface area contributed by atoms with Crippen molar-refractivity contribution >= 4 is 11.8 Å². The van der Waals surface area contributed by atoms with E-state index in [1.807, 2.05) is 0 Å². The van der Waals surface area contributed by atoms with Gasteiger partial charge in [-0.15, -0.1) is 0 Å². The highest BCUT2D eigenvalue weighted by Crippen LogP contribution is 2.43. The fourth-order valence-electron chi connectivity index (χ4n) is 2.60. The predicted octanol–water partition coefficient (Wildman–Crippen LogP) is 2.43. The third-order valence-electron chi connectivity index (χ3n) is 3.23. The van der Waals surface area contributed by atoms with Gasteiger partial charge < -0.3 is 5.11 Å². The smallest absolute Gasteiger partial charge is 0.0589 e. The number of hydrogen-bond acceptors (Lipinski definition) is 2. The second-order valence-electron chi connectivity index (χ2n) is 4.24. The number of thioether (sulfide) groups is 1. The number of aliphatic hydroxyl groups excluding tert-OH is 1. The van der Waals surface area contributed by atoms with Crippen molar-refractivity contribution in [2.75, 3.05) is 0 Å². The summed E-state index contributed by atoms with van der Waals surface area (Å²) >= 11 is 2.11. The lowest BCUT2D eigenvalue weighted by Gasteiger charge is -2.41. The fourth-order valence-corrected chi connectivity index (χ4v) is 4.33. The van der Waals surface area contributed by atoms with Crippen LogP contribution in [0.15, 0.2) is 0 Å². The van der Waals surface area contributed by atoms with Crippen molar-refractivity contribution in [1.82, 2.24) is 0 Å². The zero-order valence-electron chi connectivity index (χ0n) is 7.70. The molecule has 0 bridgehead atoms. The predicted molar refractivity (Wildman–Crippen MR) is 53.4 cm³/mol. The molecule has 2 heteroatoms. The van der Waals surface area contributed by atoms with Crippen molar-refractivity contribution in [3.63, 3.8) is 0 Å². The van der Waals surface area contributed by atoms with Crippen LogP contribution in [0.4, 0.5) is 0 Å². The van der Waals surface area contributed by atoms with Gasteiger partial charge in [0, 0.05) is 10.5 Å². The van der Waals surface area contributed by atoms with E-state index in [0.717, 1.165) is 11.7 Å². The van der Waals surface area contributed by atoms with Crippen molar-refractivity contribution in [3.05, 3.63) is 0 Å². The lowest BCUT2D eigenvalue weighted by atomic mass is 9.83. The summed E-state index contributed by atoms with van der Waals surface area (Å²) < 4.78 is 0. The van der Waals surface area contributed by atoms with Crippen LogP contribution in [-0.4, -0.2) is 21.7 Å². The van der Waals surface area contributed by atoms with E-state index in [1.165, 1.54) is 25.7 Å². The summed E-state index contributed by atoms with van der Waals surface area (Å²) in [4.78, 5) is 0. The van der Waals surface area contributed by atoms with Crippen LogP contribution >= 0.6 is 11.8 Å². The quantitative estimate of drug-likeness (QED) is 0.627. The molecule has 0 amide bonds. The maximum atomic E-state index is 9.86. The molecule has 1 heterocycles. The molecule has 1 saturated carbocycles. The first-order chi connectivity index (χ1) is 5.77. The van der Waals surface area contributed by atoms with E-state index in [4.69, 9.17) is 0 Å². The van der Waals surface area contributed by atoms with Crippen LogP contribution < -0.4 is 0 Å². The Morgan fingerprint density at radius 1 is 1.25 bits per heavy atom. The Kier molecular flexibility index (Phi) is 2.66. The van der Waals surface area contributed by atoms with E-state index in [-0.39, 0.29) is 6.10 Å². The maximum absolute atomic E-state index is 9.86. The standard InChI is InChI=1S/C10H18OS/c1-7-6-9(11)8-4-2-3-5-10(8)12-7/h7-11H,2-6H2,1H3/t7-,8+,9-,10+/m1/s1. The molecule has 12 heavy (non-hydrogen) atoms. The van der Waals surface area contributed by atoms with E-state index >= 15 is 0 Å². The average molecular weight is 186 g/mol. The molecular formula is C10H18OS. The zero-order chi connectivity index (χ0) is 8.55. The lowest BCUT2D eigenvalue weighted by molar-refractivity contribution is 0.0753. The Morgan fingerprint density at radius 3 is 2.83 bits per heavy atom. The molecule has 2 aliphatic rings. The summed E-state index contributed by atoms with van der Waals surface area (Å²) in [5.41, 5.74) is 0. The highest BCUT2D eigenvalue weighted by molar-refractivity contribution is 8.00. The van der Waals surface area contributed by atoms with Gasteiger partial charge in [-0.25, -0.2) is 0 Å². The van der Waals surface area contributed by atoms with Crippen molar-refractivity contribution in [1.29, 1.82) is 0 Å². The van der Waals surface area contributed by atoms with Crippen LogP contribution in [0.3, 0.4) is 0 Å². The van der Waals surface area contributed by atoms with E-state index in [1.54, 1.807) is 0 Å². The molecule has 1 nitrogen and oxygen atoms in total.